The van der Waals surface area contributed by atoms with E-state index in [0.29, 0.717) is 26.2 Å². The second-order valence-electron chi connectivity index (χ2n) is 4.68. The van der Waals surface area contributed by atoms with Gasteiger partial charge >= 0.3 is 0 Å². The number of rotatable bonds is 8. The van der Waals surface area contributed by atoms with Gasteiger partial charge in [-0.15, -0.1) is 0 Å². The van der Waals surface area contributed by atoms with E-state index in [0.717, 1.165) is 6.42 Å². The summed E-state index contributed by atoms with van der Waals surface area (Å²) in [5, 5.41) is 0. The molecule has 17 heavy (non-hydrogen) atoms. The summed E-state index contributed by atoms with van der Waals surface area (Å²) in [7, 11) is -3.41. The molecule has 0 aromatic heterocycles. The SMILES string of the molecule is CCCN(C(C)(C)CN)S(=O)(=O)N(CC)CC. The lowest BCUT2D eigenvalue weighted by atomic mass is 10.1. The van der Waals surface area contributed by atoms with Gasteiger partial charge in [0, 0.05) is 31.7 Å². The van der Waals surface area contributed by atoms with Gasteiger partial charge in [-0.05, 0) is 20.3 Å². The number of nitrogens with two attached hydrogens (primary N) is 1. The zero-order chi connectivity index (χ0) is 13.7. The molecule has 0 unspecified atom stereocenters. The van der Waals surface area contributed by atoms with E-state index >= 15 is 0 Å². The molecule has 0 aliphatic rings. The van der Waals surface area contributed by atoms with E-state index < -0.39 is 15.7 Å². The molecule has 0 amide bonds. The Hall–Kier alpha value is -0.170. The first-order chi connectivity index (χ1) is 7.77. The Morgan fingerprint density at radius 1 is 1.12 bits per heavy atom. The Morgan fingerprint density at radius 2 is 1.59 bits per heavy atom. The maximum absolute atomic E-state index is 12.5. The van der Waals surface area contributed by atoms with Crippen molar-refractivity contribution in [2.24, 2.45) is 5.73 Å². The highest BCUT2D eigenvalue weighted by Crippen LogP contribution is 2.20. The van der Waals surface area contributed by atoms with Gasteiger partial charge in [0.2, 0.25) is 0 Å². The quantitative estimate of drug-likeness (QED) is 0.712. The van der Waals surface area contributed by atoms with E-state index in [1.807, 2.05) is 34.6 Å². The minimum absolute atomic E-state index is 0.313. The van der Waals surface area contributed by atoms with Gasteiger partial charge in [0.25, 0.3) is 10.2 Å². The summed E-state index contributed by atoms with van der Waals surface area (Å²) in [6, 6.07) is 0. The lowest BCUT2D eigenvalue weighted by molar-refractivity contribution is 0.217. The van der Waals surface area contributed by atoms with Crippen LogP contribution in [0, 0.1) is 0 Å². The van der Waals surface area contributed by atoms with Crippen LogP contribution >= 0.6 is 0 Å². The molecule has 6 heteroatoms. The highest BCUT2D eigenvalue weighted by molar-refractivity contribution is 7.86. The summed E-state index contributed by atoms with van der Waals surface area (Å²) in [5.41, 5.74) is 5.15. The molecule has 0 atom stereocenters. The first-order valence-electron chi connectivity index (χ1n) is 6.25. The Bertz CT molecular complexity index is 311. The zero-order valence-electron chi connectivity index (χ0n) is 11.7. The third-order valence-corrected chi connectivity index (χ3v) is 5.31. The molecule has 104 valence electrons. The van der Waals surface area contributed by atoms with Crippen molar-refractivity contribution >= 4 is 10.2 Å². The van der Waals surface area contributed by atoms with Gasteiger partial charge in [0.15, 0.2) is 0 Å². The molecule has 0 saturated carbocycles. The van der Waals surface area contributed by atoms with Crippen LogP contribution in [-0.4, -0.2) is 48.7 Å². The van der Waals surface area contributed by atoms with Gasteiger partial charge in [-0.1, -0.05) is 20.8 Å². The van der Waals surface area contributed by atoms with Crippen molar-refractivity contribution in [2.75, 3.05) is 26.2 Å². The van der Waals surface area contributed by atoms with Gasteiger partial charge in [0.1, 0.15) is 0 Å². The molecule has 0 heterocycles. The van der Waals surface area contributed by atoms with E-state index in [2.05, 4.69) is 0 Å². The molecular weight excluding hydrogens is 238 g/mol. The van der Waals surface area contributed by atoms with Crippen LogP contribution in [0.25, 0.3) is 0 Å². The minimum atomic E-state index is -3.41. The molecule has 0 bridgehead atoms. The topological polar surface area (TPSA) is 66.6 Å². The van der Waals surface area contributed by atoms with E-state index in [9.17, 15) is 8.42 Å². The Balaban J connectivity index is 5.32. The second-order valence-corrected chi connectivity index (χ2v) is 6.53. The standard InChI is InChI=1S/C11H27N3O2S/c1-6-9-14(11(4,5)10-12)17(15,16)13(7-2)8-3/h6-10,12H2,1-5H3. The zero-order valence-corrected chi connectivity index (χ0v) is 12.5. The van der Waals surface area contributed by atoms with Crippen LogP contribution in [0.15, 0.2) is 0 Å². The fourth-order valence-corrected chi connectivity index (χ4v) is 3.77. The van der Waals surface area contributed by atoms with Crippen LogP contribution in [0.2, 0.25) is 0 Å². The molecular formula is C11H27N3O2S. The average molecular weight is 265 g/mol. The molecule has 0 aliphatic heterocycles. The van der Waals surface area contributed by atoms with Crippen molar-refractivity contribution in [3.8, 4) is 0 Å². The largest absolute Gasteiger partial charge is 0.329 e. The van der Waals surface area contributed by atoms with Crippen LogP contribution in [0.4, 0.5) is 0 Å². The fraction of sp³-hybridized carbons (Fsp3) is 1.00. The monoisotopic (exact) mass is 265 g/mol. The van der Waals surface area contributed by atoms with Crippen molar-refractivity contribution in [3.05, 3.63) is 0 Å². The van der Waals surface area contributed by atoms with E-state index in [1.165, 1.54) is 8.61 Å². The molecule has 0 rings (SSSR count). The highest BCUT2D eigenvalue weighted by atomic mass is 32.2. The number of nitrogens with zero attached hydrogens (tertiary/aromatic N) is 2. The van der Waals surface area contributed by atoms with E-state index in [1.54, 1.807) is 0 Å². The summed E-state index contributed by atoms with van der Waals surface area (Å²) >= 11 is 0. The maximum Gasteiger partial charge on any atom is 0.282 e. The highest BCUT2D eigenvalue weighted by Gasteiger charge is 2.37. The molecule has 0 aliphatic carbocycles. The summed E-state index contributed by atoms with van der Waals surface area (Å²) in [6.45, 7) is 11.2. The van der Waals surface area contributed by atoms with Crippen LogP contribution in [0.1, 0.15) is 41.0 Å². The molecule has 0 fully saturated rings. The molecule has 0 saturated heterocycles. The van der Waals surface area contributed by atoms with E-state index in [-0.39, 0.29) is 0 Å². The number of hydrogen-bond donors (Lipinski definition) is 1. The summed E-state index contributed by atoms with van der Waals surface area (Å²) < 4.78 is 28.0. The van der Waals surface area contributed by atoms with Gasteiger partial charge in [-0.3, -0.25) is 0 Å². The van der Waals surface area contributed by atoms with Crippen LogP contribution in [-0.2, 0) is 10.2 Å². The van der Waals surface area contributed by atoms with Gasteiger partial charge in [-0.2, -0.15) is 17.0 Å². The molecule has 0 aromatic rings. The Labute approximate surface area is 106 Å². The first-order valence-corrected chi connectivity index (χ1v) is 7.65. The lowest BCUT2D eigenvalue weighted by Gasteiger charge is -2.39. The predicted molar refractivity (Wildman–Crippen MR) is 72.0 cm³/mol. The first kappa shape index (κ1) is 16.8. The molecule has 0 spiro atoms. The molecule has 5 nitrogen and oxygen atoms in total. The van der Waals surface area contributed by atoms with Crippen LogP contribution in [0.3, 0.4) is 0 Å². The fourth-order valence-electron chi connectivity index (χ4n) is 1.72. The normalized spacial score (nSPS) is 13.6. The van der Waals surface area contributed by atoms with Crippen molar-refractivity contribution in [3.63, 3.8) is 0 Å². The minimum Gasteiger partial charge on any atom is -0.329 e. The smallest absolute Gasteiger partial charge is 0.282 e. The van der Waals surface area contributed by atoms with Crippen molar-refractivity contribution < 1.29 is 8.42 Å². The number of hydrogen-bond acceptors (Lipinski definition) is 3. The molecule has 2 N–H and O–H groups in total. The molecule has 0 aromatic carbocycles. The van der Waals surface area contributed by atoms with Crippen molar-refractivity contribution in [1.82, 2.24) is 8.61 Å². The van der Waals surface area contributed by atoms with E-state index in [4.69, 9.17) is 5.73 Å². The van der Waals surface area contributed by atoms with Gasteiger partial charge in [0.05, 0.1) is 0 Å². The summed E-state index contributed by atoms with van der Waals surface area (Å²) in [6.07, 6.45) is 0.782. The molecule has 0 radical (unpaired) electrons. The average Bonchev–Trinajstić information content (AvgIpc) is 2.26. The predicted octanol–water partition coefficient (Wildman–Crippen LogP) is 1.02. The summed E-state index contributed by atoms with van der Waals surface area (Å²) in [4.78, 5) is 0. The Kier molecular flexibility index (Phi) is 6.61. The van der Waals surface area contributed by atoms with Gasteiger partial charge in [-0.25, -0.2) is 0 Å². The van der Waals surface area contributed by atoms with Crippen molar-refractivity contribution in [1.29, 1.82) is 0 Å². The third-order valence-electron chi connectivity index (χ3n) is 2.91. The Morgan fingerprint density at radius 3 is 1.88 bits per heavy atom. The van der Waals surface area contributed by atoms with Crippen LogP contribution < -0.4 is 5.73 Å². The van der Waals surface area contributed by atoms with Crippen molar-refractivity contribution in [2.45, 2.75) is 46.6 Å². The van der Waals surface area contributed by atoms with Gasteiger partial charge < -0.3 is 5.73 Å². The summed E-state index contributed by atoms with van der Waals surface area (Å²) in [5.74, 6) is 0. The lowest BCUT2D eigenvalue weighted by Crippen LogP contribution is -2.56. The van der Waals surface area contributed by atoms with Crippen LogP contribution in [0.5, 0.6) is 0 Å². The maximum atomic E-state index is 12.5. The second kappa shape index (κ2) is 6.68. The third kappa shape index (κ3) is 3.91.